The predicted octanol–water partition coefficient (Wildman–Crippen LogP) is 5.31. The summed E-state index contributed by atoms with van der Waals surface area (Å²) in [6, 6.07) is 11.0. The van der Waals surface area contributed by atoms with Crippen molar-refractivity contribution < 1.29 is 24.3 Å². The monoisotopic (exact) mass is 521 g/mol. The Morgan fingerprint density at radius 1 is 0.872 bits per heavy atom. The van der Waals surface area contributed by atoms with Crippen molar-refractivity contribution in [2.45, 2.75) is 63.8 Å². The molecule has 2 amide bonds. The van der Waals surface area contributed by atoms with E-state index in [0.29, 0.717) is 34.9 Å². The fraction of sp³-hybridized carbons (Fsp3) is 0.394. The summed E-state index contributed by atoms with van der Waals surface area (Å²) in [6.45, 7) is 1.67. The van der Waals surface area contributed by atoms with Gasteiger partial charge in [-0.05, 0) is 61.6 Å². The van der Waals surface area contributed by atoms with Crippen LogP contribution in [0.4, 0.5) is 0 Å². The third-order valence-electron chi connectivity index (χ3n) is 9.78. The van der Waals surface area contributed by atoms with Crippen LogP contribution in [-0.2, 0) is 19.2 Å². The van der Waals surface area contributed by atoms with Crippen LogP contribution in [0.25, 0.3) is 10.8 Å². The number of benzene rings is 2. The van der Waals surface area contributed by atoms with Crippen LogP contribution in [-0.4, -0.2) is 39.4 Å². The largest absolute Gasteiger partial charge is 0.507 e. The number of imide groups is 1. The van der Waals surface area contributed by atoms with Crippen molar-refractivity contribution in [3.63, 3.8) is 0 Å². The molecule has 0 spiro atoms. The van der Waals surface area contributed by atoms with E-state index in [1.807, 2.05) is 30.3 Å². The molecule has 7 rings (SSSR count). The number of nitrogens with zero attached hydrogens (tertiary/aromatic N) is 1. The fourth-order valence-corrected chi connectivity index (χ4v) is 8.02. The zero-order chi connectivity index (χ0) is 27.0. The summed E-state index contributed by atoms with van der Waals surface area (Å²) < 4.78 is 0. The number of amides is 2. The first-order valence-electron chi connectivity index (χ1n) is 14.1. The van der Waals surface area contributed by atoms with Gasteiger partial charge in [-0.2, -0.15) is 0 Å². The summed E-state index contributed by atoms with van der Waals surface area (Å²) in [7, 11) is 0. The highest BCUT2D eigenvalue weighted by molar-refractivity contribution is 6.24. The number of hydrogen-bond acceptors (Lipinski definition) is 5. The van der Waals surface area contributed by atoms with Gasteiger partial charge in [0.1, 0.15) is 5.75 Å². The molecule has 0 aromatic heterocycles. The Labute approximate surface area is 227 Å². The maximum Gasteiger partial charge on any atom is 0.233 e. The van der Waals surface area contributed by atoms with Gasteiger partial charge in [-0.25, -0.2) is 0 Å². The fourth-order valence-electron chi connectivity index (χ4n) is 8.02. The third-order valence-corrected chi connectivity index (χ3v) is 9.78. The summed E-state index contributed by atoms with van der Waals surface area (Å²) in [5.41, 5.74) is 3.14. The van der Waals surface area contributed by atoms with Crippen LogP contribution in [0.1, 0.15) is 63.4 Å². The Hall–Kier alpha value is -3.80. The first-order chi connectivity index (χ1) is 18.9. The van der Waals surface area contributed by atoms with Gasteiger partial charge in [0.25, 0.3) is 0 Å². The average molecular weight is 522 g/mol. The van der Waals surface area contributed by atoms with Gasteiger partial charge in [-0.3, -0.25) is 24.1 Å². The van der Waals surface area contributed by atoms with Gasteiger partial charge >= 0.3 is 0 Å². The molecule has 2 aromatic rings. The van der Waals surface area contributed by atoms with Gasteiger partial charge in [0, 0.05) is 34.1 Å². The van der Waals surface area contributed by atoms with Gasteiger partial charge in [-0.15, -0.1) is 0 Å². The molecule has 1 N–H and O–H groups in total. The molecule has 1 heterocycles. The Kier molecular flexibility index (Phi) is 5.51. The number of rotatable bonds is 2. The van der Waals surface area contributed by atoms with E-state index >= 15 is 0 Å². The lowest BCUT2D eigenvalue weighted by Crippen LogP contribution is -2.43. The number of likely N-dealkylation sites (tertiary alicyclic amines) is 1. The van der Waals surface area contributed by atoms with Gasteiger partial charge in [-0.1, -0.05) is 61.2 Å². The van der Waals surface area contributed by atoms with E-state index in [2.05, 4.69) is 6.08 Å². The second-order valence-electron chi connectivity index (χ2n) is 11.8. The van der Waals surface area contributed by atoms with Crippen LogP contribution in [0.2, 0.25) is 0 Å². The molecule has 2 fully saturated rings. The number of carbonyl (C=O) groups excluding carboxylic acids is 4. The number of phenols is 1. The third kappa shape index (κ3) is 3.46. The molecule has 1 saturated carbocycles. The smallest absolute Gasteiger partial charge is 0.233 e. The average Bonchev–Trinajstić information content (AvgIpc) is 3.21. The van der Waals surface area contributed by atoms with E-state index in [9.17, 15) is 24.3 Å². The zero-order valence-electron chi connectivity index (χ0n) is 22.0. The molecule has 4 atom stereocenters. The topological polar surface area (TPSA) is 91.8 Å². The quantitative estimate of drug-likeness (QED) is 0.329. The van der Waals surface area contributed by atoms with Crippen molar-refractivity contribution in [1.82, 2.24) is 4.90 Å². The Bertz CT molecular complexity index is 1570. The standard InChI is InChI=1S/C33H31NO5/c1-17-15-27(36)30-25(31(17)37)16-24-22(28(30)21-13-14-26(35)20-10-6-5-9-19(20)21)11-12-23-29(24)33(39)34(32(23)38)18-7-3-2-4-8-18/h5-6,9-11,13-15,18,23-24,28-29,35H,2-4,7-8,12,16H2,1H3. The van der Waals surface area contributed by atoms with E-state index in [0.717, 1.165) is 48.6 Å². The maximum absolute atomic E-state index is 14.0. The maximum atomic E-state index is 14.0. The summed E-state index contributed by atoms with van der Waals surface area (Å²) >= 11 is 0. The van der Waals surface area contributed by atoms with E-state index in [1.54, 1.807) is 17.9 Å². The second kappa shape index (κ2) is 8.87. The minimum Gasteiger partial charge on any atom is -0.507 e. The van der Waals surface area contributed by atoms with Crippen molar-refractivity contribution in [2.24, 2.45) is 17.8 Å². The molecule has 0 bridgehead atoms. The first kappa shape index (κ1) is 24.3. The Balaban J connectivity index is 1.40. The zero-order valence-corrected chi connectivity index (χ0v) is 22.0. The van der Waals surface area contributed by atoms with Gasteiger partial charge in [0.05, 0.1) is 11.8 Å². The molecule has 198 valence electrons. The molecular weight excluding hydrogens is 490 g/mol. The summed E-state index contributed by atoms with van der Waals surface area (Å²) in [4.78, 5) is 56.3. The molecule has 5 aliphatic rings. The molecular formula is C33H31NO5. The van der Waals surface area contributed by atoms with Gasteiger partial charge in [0.15, 0.2) is 11.6 Å². The first-order valence-corrected chi connectivity index (χ1v) is 14.1. The molecule has 4 unspecified atom stereocenters. The van der Waals surface area contributed by atoms with Crippen molar-refractivity contribution in [1.29, 1.82) is 0 Å². The number of fused-ring (bicyclic) bond motifs is 4. The molecule has 4 aliphatic carbocycles. The molecule has 39 heavy (non-hydrogen) atoms. The van der Waals surface area contributed by atoms with Gasteiger partial charge in [0.2, 0.25) is 11.8 Å². The minimum atomic E-state index is -0.520. The molecule has 1 saturated heterocycles. The summed E-state index contributed by atoms with van der Waals surface area (Å²) in [6.07, 6.45) is 9.15. The highest BCUT2D eigenvalue weighted by atomic mass is 16.3. The molecule has 2 aromatic carbocycles. The highest BCUT2D eigenvalue weighted by Crippen LogP contribution is 2.56. The summed E-state index contributed by atoms with van der Waals surface area (Å²) in [5.74, 6) is -2.14. The van der Waals surface area contributed by atoms with Crippen LogP contribution in [0.3, 0.4) is 0 Å². The van der Waals surface area contributed by atoms with E-state index < -0.39 is 17.8 Å². The number of Topliss-reactive ketones (excluding diaryl/α,β-unsaturated/α-hetero) is 1. The van der Waals surface area contributed by atoms with Crippen LogP contribution in [0.5, 0.6) is 5.75 Å². The number of aromatic hydroxyl groups is 1. The number of phenolic OH excluding ortho intramolecular Hbond substituents is 1. The highest BCUT2D eigenvalue weighted by Gasteiger charge is 2.57. The van der Waals surface area contributed by atoms with Crippen LogP contribution in [0, 0.1) is 17.8 Å². The minimum absolute atomic E-state index is 0.0360. The van der Waals surface area contributed by atoms with E-state index in [1.165, 1.54) is 6.08 Å². The van der Waals surface area contributed by atoms with E-state index in [4.69, 9.17) is 0 Å². The second-order valence-corrected chi connectivity index (χ2v) is 11.8. The van der Waals surface area contributed by atoms with E-state index in [-0.39, 0.29) is 41.1 Å². The van der Waals surface area contributed by atoms with Crippen molar-refractivity contribution in [3.8, 4) is 5.75 Å². The van der Waals surface area contributed by atoms with Gasteiger partial charge < -0.3 is 5.11 Å². The number of carbonyl (C=O) groups is 4. The van der Waals surface area contributed by atoms with Crippen LogP contribution >= 0.6 is 0 Å². The molecule has 6 heteroatoms. The molecule has 1 aliphatic heterocycles. The normalized spacial score (nSPS) is 29.3. The Morgan fingerprint density at radius 3 is 2.38 bits per heavy atom. The lowest BCUT2D eigenvalue weighted by Gasteiger charge is -2.42. The van der Waals surface area contributed by atoms with Crippen molar-refractivity contribution in [3.05, 3.63) is 76.4 Å². The number of allylic oxidation sites excluding steroid dienone is 6. The molecule has 6 nitrogen and oxygen atoms in total. The van der Waals surface area contributed by atoms with Crippen molar-refractivity contribution >= 4 is 34.2 Å². The number of ketones is 2. The lowest BCUT2D eigenvalue weighted by atomic mass is 9.59. The number of hydrogen-bond donors (Lipinski definition) is 1. The van der Waals surface area contributed by atoms with Crippen molar-refractivity contribution in [2.75, 3.05) is 0 Å². The lowest BCUT2D eigenvalue weighted by molar-refractivity contribution is -0.143. The van der Waals surface area contributed by atoms with Crippen LogP contribution in [0.15, 0.2) is 70.8 Å². The van der Waals surface area contributed by atoms with Crippen LogP contribution < -0.4 is 0 Å². The summed E-state index contributed by atoms with van der Waals surface area (Å²) in [5, 5.41) is 12.1. The SMILES string of the molecule is CC1=CC(=O)C2=C(CC3C(=CCC4C(=O)N(C5CCCCC5)C(=O)C43)C2c2ccc(O)c3ccccc23)C1=O. The predicted molar refractivity (Wildman–Crippen MR) is 146 cm³/mol. The Morgan fingerprint density at radius 2 is 1.62 bits per heavy atom. The molecule has 0 radical (unpaired) electrons.